The number of carbonyl (C=O) groups is 2. The minimum absolute atomic E-state index is 0.0252. The van der Waals surface area contributed by atoms with E-state index in [0.717, 1.165) is 0 Å². The van der Waals surface area contributed by atoms with Crippen LogP contribution in [0, 0.1) is 0 Å². The summed E-state index contributed by atoms with van der Waals surface area (Å²) in [5.74, 6) is -0.919. The van der Waals surface area contributed by atoms with E-state index in [0.29, 0.717) is 25.8 Å². The fourth-order valence-electron chi connectivity index (χ4n) is 3.00. The molecule has 0 unspecified atom stereocenters. The van der Waals surface area contributed by atoms with Gasteiger partial charge in [0, 0.05) is 27.0 Å². The number of benzene rings is 3. The Hall–Kier alpha value is -2.19. The fraction of sp³-hybridized carbons (Fsp3) is 0.130. The maximum Gasteiger partial charge on any atom is 0.224 e. The molecule has 1 N–H and O–H groups in total. The molecule has 0 aliphatic heterocycles. The van der Waals surface area contributed by atoms with Crippen molar-refractivity contribution in [1.82, 2.24) is 0 Å². The normalized spacial score (nSPS) is 11.2. The van der Waals surface area contributed by atoms with E-state index >= 15 is 0 Å². The number of amides is 1. The summed E-state index contributed by atoms with van der Waals surface area (Å²) in [5, 5.41) is 3.46. The third-order valence-corrected chi connectivity index (χ3v) is 7.50. The predicted molar refractivity (Wildman–Crippen MR) is 130 cm³/mol. The van der Waals surface area contributed by atoms with Gasteiger partial charge in [-0.1, -0.05) is 51.3 Å². The van der Waals surface area contributed by atoms with Crippen molar-refractivity contribution in [3.63, 3.8) is 0 Å². The molecule has 3 aromatic carbocycles. The van der Waals surface area contributed by atoms with Gasteiger partial charge in [-0.2, -0.15) is 0 Å². The Kier molecular flexibility index (Phi) is 8.11. The van der Waals surface area contributed by atoms with Gasteiger partial charge in [-0.15, -0.1) is 0 Å². The minimum atomic E-state index is -3.53. The highest BCUT2D eigenvalue weighted by molar-refractivity contribution is 9.10. The van der Waals surface area contributed by atoms with E-state index in [1.807, 2.05) is 0 Å². The van der Waals surface area contributed by atoms with Crippen LogP contribution in [0.2, 0.25) is 10.0 Å². The summed E-state index contributed by atoms with van der Waals surface area (Å²) in [5.41, 5.74) is 0.912. The van der Waals surface area contributed by atoms with Crippen LogP contribution in [-0.2, 0) is 14.6 Å². The largest absolute Gasteiger partial charge is 0.325 e. The Morgan fingerprint density at radius 3 is 2.28 bits per heavy atom. The zero-order valence-corrected chi connectivity index (χ0v) is 20.6. The molecule has 0 heterocycles. The monoisotopic (exact) mass is 553 g/mol. The first-order valence-electron chi connectivity index (χ1n) is 9.54. The first-order valence-corrected chi connectivity index (χ1v) is 12.7. The van der Waals surface area contributed by atoms with E-state index in [-0.39, 0.29) is 34.8 Å². The number of hydrogen-bond acceptors (Lipinski definition) is 4. The topological polar surface area (TPSA) is 80.3 Å². The Bertz CT molecular complexity index is 1260. The molecule has 0 saturated carbocycles. The standard InChI is InChI=1S/C23H18BrCl2NO4S/c24-15-7-12-21(19(14-15)23(29)18-4-1-2-5-20(18)26)27-22(28)6-3-13-32(30,31)17-10-8-16(25)9-11-17/h1-2,4-5,7-12,14H,3,6,13H2,(H,27,28). The zero-order chi connectivity index (χ0) is 23.3. The molecular formula is C23H18BrCl2NO4S. The second kappa shape index (κ2) is 10.6. The number of halogens is 3. The highest BCUT2D eigenvalue weighted by Crippen LogP contribution is 2.27. The van der Waals surface area contributed by atoms with Crippen LogP contribution in [0.15, 0.2) is 76.1 Å². The van der Waals surface area contributed by atoms with E-state index in [1.165, 1.54) is 24.3 Å². The summed E-state index contributed by atoms with van der Waals surface area (Å²) in [6, 6.07) is 17.5. The van der Waals surface area contributed by atoms with Crippen molar-refractivity contribution in [3.05, 3.63) is 92.4 Å². The van der Waals surface area contributed by atoms with E-state index in [1.54, 1.807) is 42.5 Å². The van der Waals surface area contributed by atoms with Crippen LogP contribution in [-0.4, -0.2) is 25.9 Å². The Morgan fingerprint density at radius 1 is 0.906 bits per heavy atom. The number of sulfone groups is 1. The molecule has 0 radical (unpaired) electrons. The van der Waals surface area contributed by atoms with Crippen LogP contribution < -0.4 is 5.32 Å². The first kappa shape index (κ1) is 24.5. The summed E-state index contributed by atoms with van der Waals surface area (Å²) < 4.78 is 25.5. The molecule has 0 spiro atoms. The third kappa shape index (κ3) is 6.19. The van der Waals surface area contributed by atoms with Crippen LogP contribution in [0.25, 0.3) is 0 Å². The molecule has 0 atom stereocenters. The van der Waals surface area contributed by atoms with Crippen molar-refractivity contribution < 1.29 is 18.0 Å². The molecule has 5 nitrogen and oxygen atoms in total. The molecule has 3 rings (SSSR count). The van der Waals surface area contributed by atoms with Gasteiger partial charge in [0.05, 0.1) is 21.4 Å². The number of hydrogen-bond donors (Lipinski definition) is 1. The lowest BCUT2D eigenvalue weighted by molar-refractivity contribution is -0.116. The maximum absolute atomic E-state index is 13.0. The average Bonchev–Trinajstić information content (AvgIpc) is 2.75. The van der Waals surface area contributed by atoms with Crippen LogP contribution >= 0.6 is 39.1 Å². The van der Waals surface area contributed by atoms with E-state index in [2.05, 4.69) is 21.2 Å². The minimum Gasteiger partial charge on any atom is -0.325 e. The van der Waals surface area contributed by atoms with Crippen molar-refractivity contribution in [3.8, 4) is 0 Å². The van der Waals surface area contributed by atoms with Gasteiger partial charge in [0.1, 0.15) is 0 Å². The van der Waals surface area contributed by atoms with Crippen molar-refractivity contribution in [2.75, 3.05) is 11.1 Å². The van der Waals surface area contributed by atoms with Gasteiger partial charge in [-0.3, -0.25) is 9.59 Å². The lowest BCUT2D eigenvalue weighted by Crippen LogP contribution is -2.16. The zero-order valence-electron chi connectivity index (χ0n) is 16.6. The van der Waals surface area contributed by atoms with Crippen LogP contribution in [0.3, 0.4) is 0 Å². The smallest absolute Gasteiger partial charge is 0.224 e. The molecule has 32 heavy (non-hydrogen) atoms. The summed E-state index contributed by atoms with van der Waals surface area (Å²) in [7, 11) is -3.53. The molecule has 1 amide bonds. The van der Waals surface area contributed by atoms with Crippen molar-refractivity contribution in [2.24, 2.45) is 0 Å². The van der Waals surface area contributed by atoms with Gasteiger partial charge in [0.25, 0.3) is 0 Å². The lowest BCUT2D eigenvalue weighted by atomic mass is 10.0. The maximum atomic E-state index is 13.0. The fourth-order valence-corrected chi connectivity index (χ4v) is 5.02. The average molecular weight is 555 g/mol. The third-order valence-electron chi connectivity index (χ3n) is 4.61. The molecule has 0 bridgehead atoms. The first-order chi connectivity index (χ1) is 15.2. The highest BCUT2D eigenvalue weighted by atomic mass is 79.9. The lowest BCUT2D eigenvalue weighted by Gasteiger charge is -2.12. The van der Waals surface area contributed by atoms with E-state index < -0.39 is 15.7 Å². The molecule has 9 heteroatoms. The summed E-state index contributed by atoms with van der Waals surface area (Å²) in [4.78, 5) is 25.6. The molecule has 0 fully saturated rings. The number of carbonyl (C=O) groups excluding carboxylic acids is 2. The van der Waals surface area contributed by atoms with Gasteiger partial charge in [-0.05, 0) is 61.0 Å². The second-order valence-electron chi connectivity index (χ2n) is 6.92. The SMILES string of the molecule is O=C(CCCS(=O)(=O)c1ccc(Cl)cc1)Nc1ccc(Br)cc1C(=O)c1ccccc1Cl. The molecule has 0 aromatic heterocycles. The van der Waals surface area contributed by atoms with Crippen LogP contribution in [0.4, 0.5) is 5.69 Å². The van der Waals surface area contributed by atoms with E-state index in [9.17, 15) is 18.0 Å². The van der Waals surface area contributed by atoms with Gasteiger partial charge >= 0.3 is 0 Å². The quantitative estimate of drug-likeness (QED) is 0.337. The molecule has 166 valence electrons. The Balaban J connectivity index is 1.68. The van der Waals surface area contributed by atoms with Gasteiger partial charge < -0.3 is 5.32 Å². The van der Waals surface area contributed by atoms with Crippen molar-refractivity contribution >= 4 is 66.3 Å². The summed E-state index contributed by atoms with van der Waals surface area (Å²) in [6.45, 7) is 0. The Morgan fingerprint density at radius 2 is 1.59 bits per heavy atom. The van der Waals surface area contributed by atoms with Crippen LogP contribution in [0.1, 0.15) is 28.8 Å². The molecule has 0 aliphatic carbocycles. The number of ketones is 1. The van der Waals surface area contributed by atoms with Gasteiger partial charge in [0.2, 0.25) is 5.91 Å². The second-order valence-corrected chi connectivity index (χ2v) is 10.8. The molecule has 0 aliphatic rings. The number of nitrogens with one attached hydrogen (secondary N) is 1. The number of rotatable bonds is 8. The molecule has 3 aromatic rings. The van der Waals surface area contributed by atoms with Gasteiger partial charge in [0.15, 0.2) is 15.6 Å². The summed E-state index contributed by atoms with van der Waals surface area (Å²) in [6.07, 6.45) is 0.101. The van der Waals surface area contributed by atoms with Crippen molar-refractivity contribution in [2.45, 2.75) is 17.7 Å². The number of anilines is 1. The highest BCUT2D eigenvalue weighted by Gasteiger charge is 2.19. The van der Waals surface area contributed by atoms with Crippen LogP contribution in [0.5, 0.6) is 0 Å². The molecular weight excluding hydrogens is 537 g/mol. The van der Waals surface area contributed by atoms with Crippen molar-refractivity contribution in [1.29, 1.82) is 0 Å². The van der Waals surface area contributed by atoms with Gasteiger partial charge in [-0.25, -0.2) is 8.42 Å². The summed E-state index contributed by atoms with van der Waals surface area (Å²) >= 11 is 15.3. The Labute approximate surface area is 204 Å². The van der Waals surface area contributed by atoms with E-state index in [4.69, 9.17) is 23.2 Å². The molecule has 0 saturated heterocycles. The predicted octanol–water partition coefficient (Wildman–Crippen LogP) is 6.18.